The van der Waals surface area contributed by atoms with Crippen molar-refractivity contribution in [3.63, 3.8) is 0 Å². The van der Waals surface area contributed by atoms with Gasteiger partial charge in [-0.2, -0.15) is 5.26 Å². The van der Waals surface area contributed by atoms with Gasteiger partial charge in [-0.15, -0.1) is 0 Å². The van der Waals surface area contributed by atoms with Crippen molar-refractivity contribution in [1.29, 1.82) is 5.26 Å². The third-order valence-corrected chi connectivity index (χ3v) is 6.22. The lowest BCUT2D eigenvalue weighted by atomic mass is 9.99. The van der Waals surface area contributed by atoms with Gasteiger partial charge in [-0.1, -0.05) is 12.1 Å². The molecule has 30 heavy (non-hydrogen) atoms. The Kier molecular flexibility index (Phi) is 8.34. The van der Waals surface area contributed by atoms with Crippen LogP contribution in [0.3, 0.4) is 0 Å². The maximum atomic E-state index is 12.5. The van der Waals surface area contributed by atoms with Crippen LogP contribution in [0, 0.1) is 11.3 Å². The standard InChI is InChI=1S/C19H27N3O7S/c1-3-22(4-2)13-7-5-12(6-8-13)9-14(10-20)30(27,28)21-11-15-16(23)17(24)18(25)19(26)29-15/h5-9,15-19,21,23-26H,3-4,11H2,1-2H3. The number of nitrogens with one attached hydrogen (secondary N) is 1. The molecular formula is C19H27N3O7S. The van der Waals surface area contributed by atoms with Gasteiger partial charge in [-0.25, -0.2) is 13.1 Å². The van der Waals surface area contributed by atoms with Crippen molar-refractivity contribution in [2.24, 2.45) is 0 Å². The zero-order valence-corrected chi connectivity index (χ0v) is 17.5. The van der Waals surface area contributed by atoms with Gasteiger partial charge in [0.25, 0.3) is 10.0 Å². The fourth-order valence-electron chi connectivity index (χ4n) is 3.06. The van der Waals surface area contributed by atoms with Crippen LogP contribution in [0.25, 0.3) is 6.08 Å². The summed E-state index contributed by atoms with van der Waals surface area (Å²) in [7, 11) is -4.25. The molecule has 1 saturated heterocycles. The molecule has 0 spiro atoms. The summed E-state index contributed by atoms with van der Waals surface area (Å²) in [4.78, 5) is 1.57. The summed E-state index contributed by atoms with van der Waals surface area (Å²) in [6.45, 7) is 5.17. The van der Waals surface area contributed by atoms with E-state index in [4.69, 9.17) is 4.74 Å². The maximum Gasteiger partial charge on any atom is 0.250 e. The van der Waals surface area contributed by atoms with Gasteiger partial charge in [0.1, 0.15) is 30.5 Å². The van der Waals surface area contributed by atoms with Gasteiger partial charge < -0.3 is 30.1 Å². The first-order valence-corrected chi connectivity index (χ1v) is 11.0. The summed E-state index contributed by atoms with van der Waals surface area (Å²) < 4.78 is 32.0. The van der Waals surface area contributed by atoms with E-state index in [1.54, 1.807) is 18.2 Å². The van der Waals surface area contributed by atoms with Gasteiger partial charge in [-0.3, -0.25) is 0 Å². The molecule has 5 unspecified atom stereocenters. The molecule has 5 atom stereocenters. The Morgan fingerprint density at radius 2 is 1.73 bits per heavy atom. The predicted octanol–water partition coefficient (Wildman–Crippen LogP) is -0.883. The quantitative estimate of drug-likeness (QED) is 0.322. The number of nitrogens with zero attached hydrogens (tertiary/aromatic N) is 2. The molecule has 0 amide bonds. The first-order chi connectivity index (χ1) is 14.1. The number of rotatable bonds is 8. The molecular weight excluding hydrogens is 414 g/mol. The van der Waals surface area contributed by atoms with E-state index in [0.29, 0.717) is 5.56 Å². The molecule has 1 aliphatic rings. The number of aliphatic hydroxyl groups is 4. The zero-order chi connectivity index (χ0) is 22.5. The molecule has 1 aliphatic heterocycles. The number of allylic oxidation sites excluding steroid dienone is 1. The summed E-state index contributed by atoms with van der Waals surface area (Å²) in [6, 6.07) is 8.68. The SMILES string of the molecule is CCN(CC)c1ccc(C=C(C#N)S(=O)(=O)NCC2OC(O)C(O)C(O)C2O)cc1. The van der Waals surface area contributed by atoms with Crippen LogP contribution in [0.15, 0.2) is 29.2 Å². The van der Waals surface area contributed by atoms with E-state index in [1.807, 2.05) is 26.0 Å². The Morgan fingerprint density at radius 3 is 2.27 bits per heavy atom. The number of hydrogen-bond acceptors (Lipinski definition) is 9. The number of sulfonamides is 1. The molecule has 2 rings (SSSR count). The van der Waals surface area contributed by atoms with Crippen molar-refractivity contribution >= 4 is 21.8 Å². The molecule has 0 bridgehead atoms. The number of nitriles is 1. The minimum atomic E-state index is -4.25. The molecule has 0 radical (unpaired) electrons. The first-order valence-electron chi connectivity index (χ1n) is 9.48. The van der Waals surface area contributed by atoms with Gasteiger partial charge in [0.2, 0.25) is 0 Å². The Morgan fingerprint density at radius 1 is 1.13 bits per heavy atom. The lowest BCUT2D eigenvalue weighted by Gasteiger charge is -2.38. The fraction of sp³-hybridized carbons (Fsp3) is 0.526. The number of hydrogen-bond donors (Lipinski definition) is 5. The van der Waals surface area contributed by atoms with Crippen LogP contribution in [0.1, 0.15) is 19.4 Å². The van der Waals surface area contributed by atoms with Crippen molar-refractivity contribution in [3.8, 4) is 6.07 Å². The third kappa shape index (κ3) is 5.55. The van der Waals surface area contributed by atoms with Crippen LogP contribution >= 0.6 is 0 Å². The molecule has 11 heteroatoms. The number of ether oxygens (including phenoxy) is 1. The lowest BCUT2D eigenvalue weighted by molar-refractivity contribution is -0.279. The van der Waals surface area contributed by atoms with Gasteiger partial charge in [0, 0.05) is 25.3 Å². The molecule has 0 aromatic heterocycles. The lowest BCUT2D eigenvalue weighted by Crippen LogP contribution is -2.59. The van der Waals surface area contributed by atoms with E-state index in [1.165, 1.54) is 6.08 Å². The third-order valence-electron chi connectivity index (χ3n) is 4.88. The largest absolute Gasteiger partial charge is 0.388 e. The van der Waals surface area contributed by atoms with E-state index >= 15 is 0 Å². The smallest absolute Gasteiger partial charge is 0.250 e. The minimum absolute atomic E-state index is 0.510. The van der Waals surface area contributed by atoms with Crippen LogP contribution in [0.4, 0.5) is 5.69 Å². The summed E-state index contributed by atoms with van der Waals surface area (Å²) in [5.41, 5.74) is 1.48. The topological polar surface area (TPSA) is 163 Å². The normalized spacial score (nSPS) is 27.5. The predicted molar refractivity (Wildman–Crippen MR) is 109 cm³/mol. The van der Waals surface area contributed by atoms with Crippen LogP contribution in [0.2, 0.25) is 0 Å². The second kappa shape index (κ2) is 10.3. The second-order valence-corrected chi connectivity index (χ2v) is 8.51. The van der Waals surface area contributed by atoms with Crippen molar-refractivity contribution < 1.29 is 33.6 Å². The molecule has 1 aromatic carbocycles. The van der Waals surface area contributed by atoms with E-state index in [-0.39, 0.29) is 0 Å². The van der Waals surface area contributed by atoms with Crippen molar-refractivity contribution in [2.45, 2.75) is 44.6 Å². The highest BCUT2D eigenvalue weighted by molar-refractivity contribution is 7.93. The summed E-state index contributed by atoms with van der Waals surface area (Å²) in [5, 5.41) is 47.9. The van der Waals surface area contributed by atoms with Gasteiger partial charge in [-0.05, 0) is 37.6 Å². The Bertz CT molecular complexity index is 878. The zero-order valence-electron chi connectivity index (χ0n) is 16.7. The van der Waals surface area contributed by atoms with Crippen LogP contribution in [0.5, 0.6) is 0 Å². The fourth-order valence-corrected chi connectivity index (χ4v) is 4.01. The molecule has 1 heterocycles. The minimum Gasteiger partial charge on any atom is -0.388 e. The Balaban J connectivity index is 2.12. The average Bonchev–Trinajstić information content (AvgIpc) is 2.73. The number of anilines is 1. The van der Waals surface area contributed by atoms with Gasteiger partial charge >= 0.3 is 0 Å². The number of benzene rings is 1. The van der Waals surface area contributed by atoms with Crippen molar-refractivity contribution in [2.75, 3.05) is 24.5 Å². The van der Waals surface area contributed by atoms with Crippen LogP contribution in [-0.2, 0) is 14.8 Å². The molecule has 166 valence electrons. The Labute approximate surface area is 175 Å². The second-order valence-electron chi connectivity index (χ2n) is 6.77. The highest BCUT2D eigenvalue weighted by atomic mass is 32.2. The highest BCUT2D eigenvalue weighted by Crippen LogP contribution is 2.21. The monoisotopic (exact) mass is 441 g/mol. The molecule has 10 nitrogen and oxygen atoms in total. The van der Waals surface area contributed by atoms with Crippen molar-refractivity contribution in [3.05, 3.63) is 34.7 Å². The molecule has 1 aromatic rings. The van der Waals surface area contributed by atoms with Gasteiger partial charge in [0.15, 0.2) is 11.2 Å². The van der Waals surface area contributed by atoms with E-state index in [0.717, 1.165) is 18.8 Å². The molecule has 0 saturated carbocycles. The van der Waals surface area contributed by atoms with Crippen molar-refractivity contribution in [1.82, 2.24) is 4.72 Å². The number of aliphatic hydroxyl groups excluding tert-OH is 4. The van der Waals surface area contributed by atoms with Crippen LogP contribution < -0.4 is 9.62 Å². The van der Waals surface area contributed by atoms with E-state index in [9.17, 15) is 34.1 Å². The van der Waals surface area contributed by atoms with E-state index < -0.39 is 52.2 Å². The maximum absolute atomic E-state index is 12.5. The average molecular weight is 442 g/mol. The summed E-state index contributed by atoms with van der Waals surface area (Å²) in [6.07, 6.45) is -6.96. The molecule has 1 fully saturated rings. The summed E-state index contributed by atoms with van der Waals surface area (Å²) >= 11 is 0. The molecule has 5 N–H and O–H groups in total. The highest BCUT2D eigenvalue weighted by Gasteiger charge is 2.43. The van der Waals surface area contributed by atoms with Gasteiger partial charge in [0.05, 0.1) is 0 Å². The van der Waals surface area contributed by atoms with E-state index in [2.05, 4.69) is 9.62 Å². The Hall–Kier alpha value is -2.04. The molecule has 0 aliphatic carbocycles. The first kappa shape index (κ1) is 24.2. The summed E-state index contributed by atoms with van der Waals surface area (Å²) in [5.74, 6) is 0. The van der Waals surface area contributed by atoms with Crippen LogP contribution in [-0.4, -0.2) is 79.2 Å².